The number of sulfonamides is 1. The van der Waals surface area contributed by atoms with Gasteiger partial charge in [-0.1, -0.05) is 18.6 Å². The number of piperidine rings is 1. The van der Waals surface area contributed by atoms with Crippen molar-refractivity contribution in [1.29, 1.82) is 0 Å². The summed E-state index contributed by atoms with van der Waals surface area (Å²) in [6, 6.07) is 8.72. The number of urea groups is 1. The molecule has 31 heavy (non-hydrogen) atoms. The van der Waals surface area contributed by atoms with Crippen molar-refractivity contribution in [1.82, 2.24) is 20.3 Å². The summed E-state index contributed by atoms with van der Waals surface area (Å²) in [5.41, 5.74) is 0.752. The van der Waals surface area contributed by atoms with Gasteiger partial charge in [0.05, 0.1) is 17.7 Å². The lowest BCUT2D eigenvalue weighted by Gasteiger charge is -2.25. The molecule has 1 saturated heterocycles. The summed E-state index contributed by atoms with van der Waals surface area (Å²) in [5, 5.41) is 7.91. The number of carbonyl (C=O) groups is 2. The van der Waals surface area contributed by atoms with E-state index in [4.69, 9.17) is 4.42 Å². The van der Waals surface area contributed by atoms with Crippen LogP contribution in [0.4, 0.5) is 4.79 Å². The molecule has 1 aromatic heterocycles. The van der Waals surface area contributed by atoms with Gasteiger partial charge in [-0.15, -0.1) is 0 Å². The Morgan fingerprint density at radius 2 is 1.74 bits per heavy atom. The van der Waals surface area contributed by atoms with Crippen LogP contribution in [0.15, 0.2) is 52.0 Å². The van der Waals surface area contributed by atoms with Crippen LogP contribution >= 0.6 is 0 Å². The molecule has 2 heterocycles. The first-order valence-corrected chi connectivity index (χ1v) is 11.7. The Bertz CT molecular complexity index is 968. The number of hydrogen-bond acceptors (Lipinski definition) is 5. The third-order valence-corrected chi connectivity index (χ3v) is 7.00. The van der Waals surface area contributed by atoms with E-state index in [0.29, 0.717) is 18.8 Å². The van der Waals surface area contributed by atoms with E-state index in [1.807, 2.05) is 0 Å². The number of furan rings is 1. The molecule has 10 heteroatoms. The number of nitrogens with zero attached hydrogens (tertiary/aromatic N) is 1. The highest BCUT2D eigenvalue weighted by molar-refractivity contribution is 7.89. The molecule has 1 aromatic carbocycles. The van der Waals surface area contributed by atoms with Crippen LogP contribution in [0, 0.1) is 0 Å². The van der Waals surface area contributed by atoms with E-state index >= 15 is 0 Å². The second-order valence-corrected chi connectivity index (χ2v) is 9.39. The number of benzene rings is 1. The molecule has 0 radical (unpaired) electrons. The van der Waals surface area contributed by atoms with E-state index < -0.39 is 22.1 Å². The van der Waals surface area contributed by atoms with Crippen LogP contribution in [0.5, 0.6) is 0 Å². The van der Waals surface area contributed by atoms with Crippen molar-refractivity contribution in [3.8, 4) is 0 Å². The Morgan fingerprint density at radius 3 is 2.39 bits per heavy atom. The second kappa shape index (κ2) is 10.5. The summed E-state index contributed by atoms with van der Waals surface area (Å²) < 4.78 is 32.0. The fourth-order valence-electron chi connectivity index (χ4n) is 3.27. The van der Waals surface area contributed by atoms with Crippen LogP contribution in [-0.4, -0.2) is 43.8 Å². The highest BCUT2D eigenvalue weighted by Crippen LogP contribution is 2.20. The average Bonchev–Trinajstić information content (AvgIpc) is 3.30. The fourth-order valence-corrected chi connectivity index (χ4v) is 4.79. The predicted octanol–water partition coefficient (Wildman–Crippen LogP) is 1.96. The molecular formula is C21H28N4O5S. The van der Waals surface area contributed by atoms with Crippen molar-refractivity contribution in [3.63, 3.8) is 0 Å². The molecule has 3 N–H and O–H groups in total. The molecule has 3 amide bonds. The van der Waals surface area contributed by atoms with Gasteiger partial charge in [-0.25, -0.2) is 13.2 Å². The molecule has 1 atom stereocenters. The van der Waals surface area contributed by atoms with Gasteiger partial charge in [0.1, 0.15) is 11.8 Å². The maximum Gasteiger partial charge on any atom is 0.315 e. The molecule has 2 aromatic rings. The normalized spacial score (nSPS) is 15.8. The van der Waals surface area contributed by atoms with Gasteiger partial charge in [0.2, 0.25) is 15.9 Å². The summed E-state index contributed by atoms with van der Waals surface area (Å²) in [5.74, 6) is 0.287. The number of hydrogen-bond donors (Lipinski definition) is 3. The molecule has 0 spiro atoms. The summed E-state index contributed by atoms with van der Waals surface area (Å²) in [4.78, 5) is 24.4. The van der Waals surface area contributed by atoms with Crippen LogP contribution in [-0.2, 0) is 27.9 Å². The Balaban J connectivity index is 1.45. The van der Waals surface area contributed by atoms with Gasteiger partial charge < -0.3 is 20.4 Å². The minimum absolute atomic E-state index is 0.205. The number of amides is 3. The molecule has 0 aliphatic carbocycles. The Kier molecular flexibility index (Phi) is 7.69. The third-order valence-electron chi connectivity index (χ3n) is 5.09. The van der Waals surface area contributed by atoms with Crippen LogP contribution in [0.3, 0.4) is 0 Å². The molecule has 1 aliphatic rings. The summed E-state index contributed by atoms with van der Waals surface area (Å²) in [6.07, 6.45) is 4.35. The molecule has 168 valence electrons. The average molecular weight is 449 g/mol. The summed E-state index contributed by atoms with van der Waals surface area (Å²) in [7, 11) is -3.47. The van der Waals surface area contributed by atoms with Gasteiger partial charge >= 0.3 is 6.03 Å². The smallest absolute Gasteiger partial charge is 0.315 e. The lowest BCUT2D eigenvalue weighted by atomic mass is 10.2. The molecule has 9 nitrogen and oxygen atoms in total. The standard InChI is InChI=1S/C21H28N4O5S/c1-16(20(26)22-15-18-6-5-13-30-18)24-21(27)23-14-17-7-9-19(10-8-17)31(28,29)25-11-3-2-4-12-25/h5-10,13,16H,2-4,11-12,14-15H2,1H3,(H,22,26)(H2,23,24,27). The highest BCUT2D eigenvalue weighted by atomic mass is 32.2. The van der Waals surface area contributed by atoms with E-state index in [9.17, 15) is 18.0 Å². The van der Waals surface area contributed by atoms with E-state index in [2.05, 4.69) is 16.0 Å². The number of rotatable bonds is 8. The number of carbonyl (C=O) groups excluding carboxylic acids is 2. The maximum atomic E-state index is 12.7. The minimum Gasteiger partial charge on any atom is -0.467 e. The quantitative estimate of drug-likeness (QED) is 0.570. The van der Waals surface area contributed by atoms with Crippen LogP contribution in [0.2, 0.25) is 0 Å². The molecule has 1 fully saturated rings. The summed E-state index contributed by atoms with van der Waals surface area (Å²) in [6.45, 7) is 3.14. The molecule has 3 rings (SSSR count). The zero-order chi connectivity index (χ0) is 22.3. The van der Waals surface area contributed by atoms with Gasteiger partial charge in [0.15, 0.2) is 0 Å². The Morgan fingerprint density at radius 1 is 1.03 bits per heavy atom. The zero-order valence-corrected chi connectivity index (χ0v) is 18.3. The Labute approximate surface area is 182 Å². The first-order valence-electron chi connectivity index (χ1n) is 10.3. The van der Waals surface area contributed by atoms with Crippen LogP contribution in [0.1, 0.15) is 37.5 Å². The topological polar surface area (TPSA) is 121 Å². The Hall–Kier alpha value is -2.85. The first kappa shape index (κ1) is 22.8. The minimum atomic E-state index is -3.47. The van der Waals surface area contributed by atoms with E-state index in [1.165, 1.54) is 10.6 Å². The van der Waals surface area contributed by atoms with Gasteiger partial charge in [-0.3, -0.25) is 4.79 Å². The monoisotopic (exact) mass is 448 g/mol. The fraction of sp³-hybridized carbons (Fsp3) is 0.429. The second-order valence-electron chi connectivity index (χ2n) is 7.45. The highest BCUT2D eigenvalue weighted by Gasteiger charge is 2.25. The molecule has 1 aliphatic heterocycles. The largest absolute Gasteiger partial charge is 0.467 e. The van der Waals surface area contributed by atoms with Crippen molar-refractivity contribution in [2.75, 3.05) is 13.1 Å². The van der Waals surface area contributed by atoms with Gasteiger partial charge in [-0.05, 0) is 49.6 Å². The maximum absolute atomic E-state index is 12.7. The SMILES string of the molecule is CC(NC(=O)NCc1ccc(S(=O)(=O)N2CCCCC2)cc1)C(=O)NCc1ccco1. The molecule has 0 bridgehead atoms. The van der Waals surface area contributed by atoms with Crippen molar-refractivity contribution in [2.45, 2.75) is 50.2 Å². The first-order chi connectivity index (χ1) is 14.9. The predicted molar refractivity (Wildman–Crippen MR) is 114 cm³/mol. The van der Waals surface area contributed by atoms with E-state index in [-0.39, 0.29) is 23.9 Å². The van der Waals surface area contributed by atoms with Crippen molar-refractivity contribution in [3.05, 3.63) is 54.0 Å². The van der Waals surface area contributed by atoms with Gasteiger partial charge in [0.25, 0.3) is 0 Å². The van der Waals surface area contributed by atoms with E-state index in [1.54, 1.807) is 43.3 Å². The lowest BCUT2D eigenvalue weighted by Crippen LogP contribution is -2.48. The van der Waals surface area contributed by atoms with Crippen LogP contribution < -0.4 is 16.0 Å². The zero-order valence-electron chi connectivity index (χ0n) is 17.5. The summed E-state index contributed by atoms with van der Waals surface area (Å²) >= 11 is 0. The van der Waals surface area contributed by atoms with Crippen molar-refractivity contribution < 1.29 is 22.4 Å². The third kappa shape index (κ3) is 6.31. The van der Waals surface area contributed by atoms with Crippen LogP contribution in [0.25, 0.3) is 0 Å². The lowest BCUT2D eigenvalue weighted by molar-refractivity contribution is -0.122. The molecule has 0 saturated carbocycles. The van der Waals surface area contributed by atoms with E-state index in [0.717, 1.165) is 24.8 Å². The van der Waals surface area contributed by atoms with Crippen molar-refractivity contribution in [2.24, 2.45) is 0 Å². The molecular weight excluding hydrogens is 420 g/mol. The molecule has 1 unspecified atom stereocenters. The van der Waals surface area contributed by atoms with Crippen molar-refractivity contribution >= 4 is 22.0 Å². The number of nitrogens with one attached hydrogen (secondary N) is 3. The van der Waals surface area contributed by atoms with Gasteiger partial charge in [0, 0.05) is 19.6 Å². The van der Waals surface area contributed by atoms with Gasteiger partial charge in [-0.2, -0.15) is 4.31 Å².